The van der Waals surface area contributed by atoms with Crippen LogP contribution in [0.4, 0.5) is 14.9 Å². The number of ether oxygens (including phenoxy) is 1. The van der Waals surface area contributed by atoms with Crippen LogP contribution in [0.3, 0.4) is 0 Å². The fourth-order valence-corrected chi connectivity index (χ4v) is 3.08. The molecule has 1 fully saturated rings. The summed E-state index contributed by atoms with van der Waals surface area (Å²) < 4.78 is 19.0. The number of likely N-dealkylation sites (tertiary alicyclic amines) is 1. The van der Waals surface area contributed by atoms with E-state index in [0.717, 1.165) is 6.07 Å². The van der Waals surface area contributed by atoms with Crippen LogP contribution in [0.5, 0.6) is 0 Å². The predicted octanol–water partition coefficient (Wildman–Crippen LogP) is 2.16. The summed E-state index contributed by atoms with van der Waals surface area (Å²) in [6.07, 6.45) is 0.396. The molecule has 0 bridgehead atoms. The zero-order valence-electron chi connectivity index (χ0n) is 17.1. The fourth-order valence-electron chi connectivity index (χ4n) is 3.08. The van der Waals surface area contributed by atoms with Gasteiger partial charge in [-0.1, -0.05) is 6.07 Å². The Bertz CT molecular complexity index is 778. The minimum Gasteiger partial charge on any atom is -0.444 e. The SMILES string of the molecule is C[C@@H](NC(=O)OC(C)(C)C)C(=O)N1CCC[C@H]1C(=O)Nc1ccc(CO)c(F)c1. The number of hydrogen-bond acceptors (Lipinski definition) is 5. The van der Waals surface area contributed by atoms with Crippen LogP contribution in [0, 0.1) is 5.82 Å². The first-order chi connectivity index (χ1) is 13.5. The number of halogens is 1. The topological polar surface area (TPSA) is 108 Å². The summed E-state index contributed by atoms with van der Waals surface area (Å²) in [7, 11) is 0. The Morgan fingerprint density at radius 1 is 1.34 bits per heavy atom. The van der Waals surface area contributed by atoms with Crippen molar-refractivity contribution in [1.29, 1.82) is 0 Å². The fraction of sp³-hybridized carbons (Fsp3) is 0.550. The third-order valence-electron chi connectivity index (χ3n) is 4.43. The monoisotopic (exact) mass is 409 g/mol. The van der Waals surface area contributed by atoms with Gasteiger partial charge in [0.2, 0.25) is 11.8 Å². The Labute approximate surface area is 169 Å². The van der Waals surface area contributed by atoms with Crippen molar-refractivity contribution in [2.45, 2.75) is 64.8 Å². The van der Waals surface area contributed by atoms with E-state index in [1.54, 1.807) is 20.8 Å². The lowest BCUT2D eigenvalue weighted by molar-refractivity contribution is -0.138. The molecule has 0 spiro atoms. The number of amides is 3. The molecule has 0 aromatic heterocycles. The number of nitrogens with one attached hydrogen (secondary N) is 2. The number of nitrogens with zero attached hydrogens (tertiary/aromatic N) is 1. The second kappa shape index (κ2) is 9.21. The van der Waals surface area contributed by atoms with Gasteiger partial charge in [-0.05, 0) is 52.7 Å². The predicted molar refractivity (Wildman–Crippen MR) is 105 cm³/mol. The molecule has 2 atom stereocenters. The third-order valence-corrected chi connectivity index (χ3v) is 4.43. The maximum absolute atomic E-state index is 13.8. The van der Waals surface area contributed by atoms with Gasteiger partial charge in [0.05, 0.1) is 6.61 Å². The highest BCUT2D eigenvalue weighted by atomic mass is 19.1. The molecule has 9 heteroatoms. The van der Waals surface area contributed by atoms with Gasteiger partial charge in [-0.25, -0.2) is 9.18 Å². The van der Waals surface area contributed by atoms with E-state index in [4.69, 9.17) is 9.84 Å². The van der Waals surface area contributed by atoms with Crippen molar-refractivity contribution in [2.75, 3.05) is 11.9 Å². The molecule has 1 aliphatic rings. The molecule has 0 saturated carbocycles. The Morgan fingerprint density at radius 3 is 2.62 bits per heavy atom. The van der Waals surface area contributed by atoms with Crippen LogP contribution >= 0.6 is 0 Å². The molecule has 0 aliphatic carbocycles. The van der Waals surface area contributed by atoms with Crippen LogP contribution in [0.2, 0.25) is 0 Å². The minimum atomic E-state index is -0.862. The Morgan fingerprint density at radius 2 is 2.03 bits per heavy atom. The van der Waals surface area contributed by atoms with Gasteiger partial charge in [-0.2, -0.15) is 0 Å². The molecule has 160 valence electrons. The highest BCUT2D eigenvalue weighted by Crippen LogP contribution is 2.21. The molecular formula is C20H28FN3O5. The summed E-state index contributed by atoms with van der Waals surface area (Å²) >= 11 is 0. The number of benzene rings is 1. The molecule has 3 N–H and O–H groups in total. The number of carbonyl (C=O) groups excluding carboxylic acids is 3. The second-order valence-electron chi connectivity index (χ2n) is 8.01. The van der Waals surface area contributed by atoms with Gasteiger partial charge in [0.15, 0.2) is 0 Å². The highest BCUT2D eigenvalue weighted by Gasteiger charge is 2.36. The summed E-state index contributed by atoms with van der Waals surface area (Å²) in [6, 6.07) is 2.41. The summed E-state index contributed by atoms with van der Waals surface area (Å²) in [5, 5.41) is 14.1. The van der Waals surface area contributed by atoms with Crippen LogP contribution in [-0.2, 0) is 20.9 Å². The van der Waals surface area contributed by atoms with Crippen molar-refractivity contribution >= 4 is 23.6 Å². The van der Waals surface area contributed by atoms with Gasteiger partial charge in [-0.3, -0.25) is 9.59 Å². The summed E-state index contributed by atoms with van der Waals surface area (Å²) in [5.41, 5.74) is -0.323. The number of aliphatic hydroxyl groups excluding tert-OH is 1. The molecule has 1 aliphatic heterocycles. The first kappa shape index (κ1) is 22.6. The van der Waals surface area contributed by atoms with Gasteiger partial charge in [-0.15, -0.1) is 0 Å². The molecule has 0 unspecified atom stereocenters. The van der Waals surface area contributed by atoms with E-state index in [-0.39, 0.29) is 11.3 Å². The van der Waals surface area contributed by atoms with E-state index in [1.165, 1.54) is 24.0 Å². The van der Waals surface area contributed by atoms with Gasteiger partial charge in [0, 0.05) is 17.8 Å². The zero-order chi connectivity index (χ0) is 21.8. The van der Waals surface area contributed by atoms with E-state index >= 15 is 0 Å². The molecule has 3 amide bonds. The number of alkyl carbamates (subject to hydrolysis) is 1. The molecule has 2 rings (SSSR count). The Hall–Kier alpha value is -2.68. The van der Waals surface area contributed by atoms with Gasteiger partial charge in [0.1, 0.15) is 23.5 Å². The van der Waals surface area contributed by atoms with E-state index in [1.807, 2.05) is 0 Å². The van der Waals surface area contributed by atoms with E-state index in [0.29, 0.717) is 19.4 Å². The van der Waals surface area contributed by atoms with Crippen molar-refractivity contribution in [3.8, 4) is 0 Å². The summed E-state index contributed by atoms with van der Waals surface area (Å²) in [5.74, 6) is -1.45. The minimum absolute atomic E-state index is 0.128. The van der Waals surface area contributed by atoms with Crippen molar-refractivity contribution < 1.29 is 28.6 Å². The average molecular weight is 409 g/mol. The van der Waals surface area contributed by atoms with E-state index in [2.05, 4.69) is 10.6 Å². The normalized spacial score (nSPS) is 17.6. The molecule has 0 radical (unpaired) electrons. The molecule has 1 heterocycles. The van der Waals surface area contributed by atoms with Crippen LogP contribution in [0.25, 0.3) is 0 Å². The van der Waals surface area contributed by atoms with E-state index in [9.17, 15) is 18.8 Å². The molecule has 8 nitrogen and oxygen atoms in total. The lowest BCUT2D eigenvalue weighted by atomic mass is 10.1. The van der Waals surface area contributed by atoms with Crippen LogP contribution < -0.4 is 10.6 Å². The Balaban J connectivity index is 2.00. The van der Waals surface area contributed by atoms with E-state index < -0.39 is 48.0 Å². The lowest BCUT2D eigenvalue weighted by Crippen LogP contribution is -2.52. The van der Waals surface area contributed by atoms with Gasteiger partial charge < -0.3 is 25.4 Å². The number of hydrogen-bond donors (Lipinski definition) is 3. The van der Waals surface area contributed by atoms with Crippen molar-refractivity contribution in [1.82, 2.24) is 10.2 Å². The van der Waals surface area contributed by atoms with Gasteiger partial charge in [0.25, 0.3) is 0 Å². The number of aliphatic hydroxyl groups is 1. The second-order valence-corrected chi connectivity index (χ2v) is 8.01. The summed E-state index contributed by atoms with van der Waals surface area (Å²) in [4.78, 5) is 38.7. The molecule has 1 aromatic rings. The molecule has 29 heavy (non-hydrogen) atoms. The third kappa shape index (κ3) is 6.15. The largest absolute Gasteiger partial charge is 0.444 e. The number of anilines is 1. The molecule has 1 saturated heterocycles. The first-order valence-electron chi connectivity index (χ1n) is 9.52. The zero-order valence-corrected chi connectivity index (χ0v) is 17.1. The highest BCUT2D eigenvalue weighted by molar-refractivity contribution is 5.98. The van der Waals surface area contributed by atoms with Crippen LogP contribution in [0.1, 0.15) is 46.1 Å². The van der Waals surface area contributed by atoms with Crippen molar-refractivity contribution in [3.63, 3.8) is 0 Å². The number of carbonyl (C=O) groups is 3. The first-order valence-corrected chi connectivity index (χ1v) is 9.52. The smallest absolute Gasteiger partial charge is 0.408 e. The standard InChI is InChI=1S/C20H28FN3O5/c1-12(22-19(28)29-20(2,3)4)18(27)24-9-5-6-16(24)17(26)23-14-8-7-13(11-25)15(21)10-14/h7-8,10,12,16,25H,5-6,9,11H2,1-4H3,(H,22,28)(H,23,26)/t12-,16+/m1/s1. The van der Waals surface area contributed by atoms with Crippen molar-refractivity contribution in [3.05, 3.63) is 29.6 Å². The number of rotatable bonds is 5. The summed E-state index contributed by atoms with van der Waals surface area (Å²) in [6.45, 7) is 6.63. The quantitative estimate of drug-likeness (QED) is 0.691. The average Bonchev–Trinajstić information content (AvgIpc) is 3.09. The maximum atomic E-state index is 13.8. The molecular weight excluding hydrogens is 381 g/mol. The Kier molecular flexibility index (Phi) is 7.18. The van der Waals surface area contributed by atoms with Gasteiger partial charge >= 0.3 is 6.09 Å². The van der Waals surface area contributed by atoms with Crippen molar-refractivity contribution in [2.24, 2.45) is 0 Å². The molecule has 1 aromatic carbocycles. The van der Waals surface area contributed by atoms with Crippen LogP contribution in [0.15, 0.2) is 18.2 Å². The lowest BCUT2D eigenvalue weighted by Gasteiger charge is -2.28. The maximum Gasteiger partial charge on any atom is 0.408 e. The van der Waals surface area contributed by atoms with Crippen LogP contribution in [-0.4, -0.2) is 52.1 Å².